The topological polar surface area (TPSA) is 80.3 Å². The number of ether oxygens (including phenoxy) is 1. The lowest BCUT2D eigenvalue weighted by molar-refractivity contribution is -0.116. The average Bonchev–Trinajstić information content (AvgIpc) is 2.99. The standard InChI is InChI=1S/C20H21N3O3S/c1-12-5-4-6-17(13(12)2)26-10-9-19(25)23-20-22-16-8-7-15(21-14(3)24)11-18(16)27-20/h4-8,11H,9-10H2,1-3H3,(H,21,24)(H,22,23,25). The van der Waals surface area contributed by atoms with E-state index in [4.69, 9.17) is 4.74 Å². The summed E-state index contributed by atoms with van der Waals surface area (Å²) < 4.78 is 6.61. The van der Waals surface area contributed by atoms with Gasteiger partial charge in [0.2, 0.25) is 11.8 Å². The monoisotopic (exact) mass is 383 g/mol. The van der Waals surface area contributed by atoms with Crippen LogP contribution in [0.1, 0.15) is 24.5 Å². The van der Waals surface area contributed by atoms with E-state index in [1.165, 1.54) is 18.3 Å². The van der Waals surface area contributed by atoms with Crippen molar-refractivity contribution in [2.45, 2.75) is 27.2 Å². The first-order valence-corrected chi connectivity index (χ1v) is 9.41. The van der Waals surface area contributed by atoms with Crippen molar-refractivity contribution in [1.82, 2.24) is 4.98 Å². The molecule has 0 bridgehead atoms. The lowest BCUT2D eigenvalue weighted by Crippen LogP contribution is -2.15. The van der Waals surface area contributed by atoms with E-state index < -0.39 is 0 Å². The van der Waals surface area contributed by atoms with Gasteiger partial charge >= 0.3 is 0 Å². The number of aromatic nitrogens is 1. The van der Waals surface area contributed by atoms with Crippen molar-refractivity contribution in [3.05, 3.63) is 47.5 Å². The van der Waals surface area contributed by atoms with E-state index in [9.17, 15) is 9.59 Å². The fourth-order valence-electron chi connectivity index (χ4n) is 2.58. The highest BCUT2D eigenvalue weighted by Crippen LogP contribution is 2.28. The largest absolute Gasteiger partial charge is 0.493 e. The van der Waals surface area contributed by atoms with Crippen LogP contribution >= 0.6 is 11.3 Å². The highest BCUT2D eigenvalue weighted by molar-refractivity contribution is 7.22. The van der Waals surface area contributed by atoms with Crippen molar-refractivity contribution in [2.24, 2.45) is 0 Å². The molecule has 0 aliphatic heterocycles. The number of carbonyl (C=O) groups is 2. The van der Waals surface area contributed by atoms with E-state index >= 15 is 0 Å². The predicted octanol–water partition coefficient (Wildman–Crippen LogP) is 4.28. The summed E-state index contributed by atoms with van der Waals surface area (Å²) in [5, 5.41) is 6.07. The zero-order chi connectivity index (χ0) is 19.4. The molecule has 0 fully saturated rings. The van der Waals surface area contributed by atoms with Crippen LogP contribution in [-0.2, 0) is 9.59 Å². The molecule has 0 atom stereocenters. The minimum atomic E-state index is -0.151. The molecule has 3 rings (SSSR count). The Kier molecular flexibility index (Phi) is 5.71. The number of hydrogen-bond donors (Lipinski definition) is 2. The smallest absolute Gasteiger partial charge is 0.229 e. The molecule has 1 aromatic heterocycles. The van der Waals surface area contributed by atoms with Gasteiger partial charge < -0.3 is 15.4 Å². The maximum Gasteiger partial charge on any atom is 0.229 e. The van der Waals surface area contributed by atoms with E-state index in [1.807, 2.05) is 44.2 Å². The fourth-order valence-corrected chi connectivity index (χ4v) is 3.50. The molecule has 1 heterocycles. The van der Waals surface area contributed by atoms with Gasteiger partial charge in [0.1, 0.15) is 5.75 Å². The highest BCUT2D eigenvalue weighted by atomic mass is 32.1. The third-order valence-corrected chi connectivity index (χ3v) is 5.03. The maximum absolute atomic E-state index is 12.2. The maximum atomic E-state index is 12.2. The number of carbonyl (C=O) groups excluding carboxylic acids is 2. The Labute approximate surface area is 161 Å². The van der Waals surface area contributed by atoms with Crippen molar-refractivity contribution < 1.29 is 14.3 Å². The quantitative estimate of drug-likeness (QED) is 0.666. The van der Waals surface area contributed by atoms with Gasteiger partial charge in [-0.05, 0) is 49.2 Å². The molecule has 0 unspecified atom stereocenters. The van der Waals surface area contributed by atoms with E-state index in [0.29, 0.717) is 17.4 Å². The molecule has 2 aromatic carbocycles. The van der Waals surface area contributed by atoms with Crippen LogP contribution in [0.15, 0.2) is 36.4 Å². The van der Waals surface area contributed by atoms with Crippen molar-refractivity contribution >= 4 is 44.2 Å². The molecule has 2 N–H and O–H groups in total. The lowest BCUT2D eigenvalue weighted by atomic mass is 10.1. The molecule has 7 heteroatoms. The first-order chi connectivity index (χ1) is 12.9. The van der Waals surface area contributed by atoms with Crippen LogP contribution in [0.5, 0.6) is 5.75 Å². The molecule has 0 aliphatic rings. The van der Waals surface area contributed by atoms with Gasteiger partial charge in [0.15, 0.2) is 5.13 Å². The summed E-state index contributed by atoms with van der Waals surface area (Å²) in [5.41, 5.74) is 3.72. The fraction of sp³-hybridized carbons (Fsp3) is 0.250. The third kappa shape index (κ3) is 4.83. The minimum Gasteiger partial charge on any atom is -0.493 e. The molecule has 0 saturated heterocycles. The van der Waals surface area contributed by atoms with Crippen LogP contribution < -0.4 is 15.4 Å². The Morgan fingerprint density at radius 2 is 1.96 bits per heavy atom. The highest BCUT2D eigenvalue weighted by Gasteiger charge is 2.10. The average molecular weight is 383 g/mol. The Morgan fingerprint density at radius 3 is 2.74 bits per heavy atom. The number of nitrogens with one attached hydrogen (secondary N) is 2. The lowest BCUT2D eigenvalue weighted by Gasteiger charge is -2.10. The van der Waals surface area contributed by atoms with Gasteiger partial charge in [-0.2, -0.15) is 0 Å². The second-order valence-electron chi connectivity index (χ2n) is 6.23. The molecular weight excluding hydrogens is 362 g/mol. The number of hydrogen-bond acceptors (Lipinski definition) is 5. The molecular formula is C20H21N3O3S. The summed E-state index contributed by atoms with van der Waals surface area (Å²) >= 11 is 1.37. The summed E-state index contributed by atoms with van der Waals surface area (Å²) in [5.74, 6) is 0.519. The van der Waals surface area contributed by atoms with Gasteiger partial charge in [-0.15, -0.1) is 0 Å². The molecule has 0 radical (unpaired) electrons. The van der Waals surface area contributed by atoms with E-state index in [0.717, 1.165) is 27.1 Å². The van der Waals surface area contributed by atoms with Crippen LogP contribution in [0.25, 0.3) is 10.2 Å². The normalized spacial score (nSPS) is 10.6. The molecule has 3 aromatic rings. The summed E-state index contributed by atoms with van der Waals surface area (Å²) in [6.45, 7) is 5.79. The molecule has 140 valence electrons. The summed E-state index contributed by atoms with van der Waals surface area (Å²) in [6, 6.07) is 11.3. The summed E-state index contributed by atoms with van der Waals surface area (Å²) in [7, 11) is 0. The Morgan fingerprint density at radius 1 is 1.15 bits per heavy atom. The summed E-state index contributed by atoms with van der Waals surface area (Å²) in [4.78, 5) is 27.7. The number of anilines is 2. The van der Waals surface area contributed by atoms with Crippen LogP contribution in [0.2, 0.25) is 0 Å². The predicted molar refractivity (Wildman–Crippen MR) is 109 cm³/mol. The number of benzene rings is 2. The molecule has 6 nitrogen and oxygen atoms in total. The Balaban J connectivity index is 1.57. The van der Waals surface area contributed by atoms with Crippen molar-refractivity contribution in [1.29, 1.82) is 0 Å². The van der Waals surface area contributed by atoms with Gasteiger partial charge in [-0.3, -0.25) is 9.59 Å². The van der Waals surface area contributed by atoms with Gasteiger partial charge in [-0.25, -0.2) is 4.98 Å². The first kappa shape index (κ1) is 18.8. The van der Waals surface area contributed by atoms with Gasteiger partial charge in [-0.1, -0.05) is 23.5 Å². The number of nitrogens with zero attached hydrogens (tertiary/aromatic N) is 1. The van der Waals surface area contributed by atoms with Crippen LogP contribution in [0.3, 0.4) is 0 Å². The van der Waals surface area contributed by atoms with Crippen molar-refractivity contribution in [3.8, 4) is 5.75 Å². The summed E-state index contributed by atoms with van der Waals surface area (Å²) in [6.07, 6.45) is 0.237. The van der Waals surface area contributed by atoms with Gasteiger partial charge in [0, 0.05) is 12.6 Å². The zero-order valence-electron chi connectivity index (χ0n) is 15.5. The van der Waals surface area contributed by atoms with E-state index in [-0.39, 0.29) is 18.2 Å². The van der Waals surface area contributed by atoms with Crippen LogP contribution in [0, 0.1) is 13.8 Å². The Hall–Kier alpha value is -2.93. The molecule has 0 saturated carbocycles. The number of thiazole rings is 1. The minimum absolute atomic E-state index is 0.128. The molecule has 27 heavy (non-hydrogen) atoms. The SMILES string of the molecule is CC(=O)Nc1ccc2nc(NC(=O)CCOc3cccc(C)c3C)sc2c1. The number of fused-ring (bicyclic) bond motifs is 1. The van der Waals surface area contributed by atoms with Crippen molar-refractivity contribution in [2.75, 3.05) is 17.2 Å². The molecule has 2 amide bonds. The van der Waals surface area contributed by atoms with E-state index in [1.54, 1.807) is 6.07 Å². The second-order valence-corrected chi connectivity index (χ2v) is 7.26. The number of aryl methyl sites for hydroxylation is 1. The van der Waals surface area contributed by atoms with E-state index in [2.05, 4.69) is 15.6 Å². The number of rotatable bonds is 6. The molecule has 0 spiro atoms. The second kappa shape index (κ2) is 8.18. The van der Waals surface area contributed by atoms with Crippen LogP contribution in [0.4, 0.5) is 10.8 Å². The van der Waals surface area contributed by atoms with Gasteiger partial charge in [0.25, 0.3) is 0 Å². The zero-order valence-corrected chi connectivity index (χ0v) is 16.3. The van der Waals surface area contributed by atoms with Gasteiger partial charge in [0.05, 0.1) is 23.2 Å². The number of amides is 2. The molecule has 0 aliphatic carbocycles. The third-order valence-electron chi connectivity index (χ3n) is 4.10. The Bertz CT molecular complexity index is 997. The van der Waals surface area contributed by atoms with Crippen molar-refractivity contribution in [3.63, 3.8) is 0 Å². The van der Waals surface area contributed by atoms with Crippen LogP contribution in [-0.4, -0.2) is 23.4 Å². The first-order valence-electron chi connectivity index (χ1n) is 8.59.